The van der Waals surface area contributed by atoms with Gasteiger partial charge in [0.2, 0.25) is 0 Å². The van der Waals surface area contributed by atoms with Crippen LogP contribution in [0.2, 0.25) is 0 Å². The maximum atomic E-state index is 10.7. The number of aldehydes is 1. The van der Waals surface area contributed by atoms with Gasteiger partial charge in [-0.3, -0.25) is 9.67 Å². The Morgan fingerprint density at radius 1 is 1.23 bits per heavy atom. The molecule has 1 aromatic carbocycles. The Labute approximate surface area is 135 Å². The standard InChI is InChI=1S/C16H13BrN4O/c17-12-1-2-14-15(5-12)18-7-16(20-14)11-6-19-21(8-11)13-3-10(4-13)9-22/h1-2,5-10,13H,3-4H2. The number of nitrogens with zero attached hydrogens (tertiary/aromatic N) is 4. The molecule has 0 spiro atoms. The number of hydrogen-bond donors (Lipinski definition) is 0. The molecule has 1 fully saturated rings. The molecule has 3 aromatic rings. The lowest BCUT2D eigenvalue weighted by Crippen LogP contribution is -2.27. The number of hydrogen-bond acceptors (Lipinski definition) is 4. The Kier molecular flexibility index (Phi) is 3.26. The van der Waals surface area contributed by atoms with E-state index in [4.69, 9.17) is 0 Å². The zero-order chi connectivity index (χ0) is 15.1. The van der Waals surface area contributed by atoms with E-state index < -0.39 is 0 Å². The molecule has 2 heterocycles. The summed E-state index contributed by atoms with van der Waals surface area (Å²) in [5, 5.41) is 4.40. The van der Waals surface area contributed by atoms with E-state index in [0.29, 0.717) is 6.04 Å². The number of rotatable bonds is 3. The van der Waals surface area contributed by atoms with Crippen LogP contribution in [-0.4, -0.2) is 26.0 Å². The van der Waals surface area contributed by atoms with Crippen molar-refractivity contribution in [2.45, 2.75) is 18.9 Å². The minimum absolute atomic E-state index is 0.191. The van der Waals surface area contributed by atoms with Gasteiger partial charge in [0.25, 0.3) is 0 Å². The zero-order valence-electron chi connectivity index (χ0n) is 11.7. The summed E-state index contributed by atoms with van der Waals surface area (Å²) >= 11 is 3.43. The second-order valence-electron chi connectivity index (χ2n) is 5.62. The molecule has 2 aromatic heterocycles. The lowest BCUT2D eigenvalue weighted by molar-refractivity contribution is -0.114. The highest BCUT2D eigenvalue weighted by Gasteiger charge is 2.30. The molecule has 6 heteroatoms. The predicted octanol–water partition coefficient (Wildman–Crippen LogP) is 3.41. The minimum Gasteiger partial charge on any atom is -0.303 e. The third-order valence-corrected chi connectivity index (χ3v) is 4.61. The third kappa shape index (κ3) is 2.33. The Bertz CT molecular complexity index is 854. The molecular weight excluding hydrogens is 344 g/mol. The summed E-state index contributed by atoms with van der Waals surface area (Å²) in [5.74, 6) is 0.191. The number of fused-ring (bicyclic) bond motifs is 1. The summed E-state index contributed by atoms with van der Waals surface area (Å²) in [6.07, 6.45) is 8.35. The Hall–Kier alpha value is -2.08. The largest absolute Gasteiger partial charge is 0.303 e. The molecule has 22 heavy (non-hydrogen) atoms. The molecular formula is C16H13BrN4O. The molecule has 0 unspecified atom stereocenters. The van der Waals surface area contributed by atoms with Gasteiger partial charge in [-0.2, -0.15) is 5.10 Å². The SMILES string of the molecule is O=CC1CC(n2cc(-c3cnc4cc(Br)ccc4n3)cn2)C1. The van der Waals surface area contributed by atoms with Crippen LogP contribution in [0.15, 0.2) is 41.3 Å². The normalized spacial score (nSPS) is 20.8. The van der Waals surface area contributed by atoms with Crippen LogP contribution in [0, 0.1) is 5.92 Å². The average Bonchev–Trinajstić information content (AvgIpc) is 2.95. The zero-order valence-corrected chi connectivity index (χ0v) is 13.3. The van der Waals surface area contributed by atoms with Crippen LogP contribution in [0.25, 0.3) is 22.3 Å². The third-order valence-electron chi connectivity index (χ3n) is 4.12. The van der Waals surface area contributed by atoms with E-state index in [1.165, 1.54) is 0 Å². The summed E-state index contributed by atoms with van der Waals surface area (Å²) in [5.41, 5.74) is 3.48. The molecule has 1 aliphatic carbocycles. The molecule has 0 amide bonds. The van der Waals surface area contributed by atoms with Gasteiger partial charge in [0.05, 0.1) is 35.2 Å². The number of carbonyl (C=O) groups is 1. The minimum atomic E-state index is 0.191. The Morgan fingerprint density at radius 3 is 2.91 bits per heavy atom. The van der Waals surface area contributed by atoms with Crippen LogP contribution in [0.5, 0.6) is 0 Å². The van der Waals surface area contributed by atoms with E-state index in [1.807, 2.05) is 35.3 Å². The molecule has 4 rings (SSSR count). The van der Waals surface area contributed by atoms with E-state index in [0.717, 1.165) is 45.9 Å². The summed E-state index contributed by atoms with van der Waals surface area (Å²) in [6, 6.07) is 6.18. The predicted molar refractivity (Wildman–Crippen MR) is 86.3 cm³/mol. The van der Waals surface area contributed by atoms with E-state index in [2.05, 4.69) is 31.0 Å². The molecule has 0 radical (unpaired) electrons. The Balaban J connectivity index is 1.63. The molecule has 0 atom stereocenters. The van der Waals surface area contributed by atoms with Crippen molar-refractivity contribution in [3.05, 3.63) is 41.3 Å². The number of benzene rings is 1. The van der Waals surface area contributed by atoms with Crippen LogP contribution >= 0.6 is 15.9 Å². The molecule has 0 saturated heterocycles. The van der Waals surface area contributed by atoms with Gasteiger partial charge in [0.15, 0.2) is 0 Å². The van der Waals surface area contributed by atoms with Crippen LogP contribution in [0.1, 0.15) is 18.9 Å². The lowest BCUT2D eigenvalue weighted by Gasteiger charge is -2.31. The van der Waals surface area contributed by atoms with Gasteiger partial charge < -0.3 is 4.79 Å². The van der Waals surface area contributed by atoms with Gasteiger partial charge >= 0.3 is 0 Å². The van der Waals surface area contributed by atoms with Gasteiger partial charge in [0, 0.05) is 22.2 Å². The second-order valence-corrected chi connectivity index (χ2v) is 6.53. The van der Waals surface area contributed by atoms with E-state index in [-0.39, 0.29) is 5.92 Å². The van der Waals surface area contributed by atoms with Gasteiger partial charge in [-0.1, -0.05) is 15.9 Å². The van der Waals surface area contributed by atoms with Gasteiger partial charge in [0.1, 0.15) is 6.29 Å². The first-order valence-corrected chi connectivity index (χ1v) is 7.94. The highest BCUT2D eigenvalue weighted by molar-refractivity contribution is 9.10. The van der Waals surface area contributed by atoms with Crippen LogP contribution < -0.4 is 0 Å². The number of halogens is 1. The van der Waals surface area contributed by atoms with Gasteiger partial charge in [-0.05, 0) is 31.0 Å². The van der Waals surface area contributed by atoms with Crippen molar-refractivity contribution < 1.29 is 4.79 Å². The highest BCUT2D eigenvalue weighted by atomic mass is 79.9. The van der Waals surface area contributed by atoms with Crippen molar-refractivity contribution in [2.24, 2.45) is 5.92 Å². The van der Waals surface area contributed by atoms with Crippen molar-refractivity contribution in [1.29, 1.82) is 0 Å². The molecule has 0 aliphatic heterocycles. The van der Waals surface area contributed by atoms with Crippen molar-refractivity contribution in [3.63, 3.8) is 0 Å². The van der Waals surface area contributed by atoms with Crippen LogP contribution in [0.4, 0.5) is 0 Å². The fourth-order valence-corrected chi connectivity index (χ4v) is 3.10. The fourth-order valence-electron chi connectivity index (χ4n) is 2.75. The van der Waals surface area contributed by atoms with Crippen LogP contribution in [0.3, 0.4) is 0 Å². The lowest BCUT2D eigenvalue weighted by atomic mass is 9.81. The van der Waals surface area contributed by atoms with Crippen molar-refractivity contribution >= 4 is 33.2 Å². The average molecular weight is 357 g/mol. The molecule has 0 bridgehead atoms. The topological polar surface area (TPSA) is 60.7 Å². The smallest absolute Gasteiger partial charge is 0.123 e. The maximum Gasteiger partial charge on any atom is 0.123 e. The highest BCUT2D eigenvalue weighted by Crippen LogP contribution is 2.36. The molecule has 5 nitrogen and oxygen atoms in total. The van der Waals surface area contributed by atoms with Crippen molar-refractivity contribution in [2.75, 3.05) is 0 Å². The molecule has 110 valence electrons. The van der Waals surface area contributed by atoms with Crippen molar-refractivity contribution in [1.82, 2.24) is 19.7 Å². The first kappa shape index (κ1) is 13.6. The second kappa shape index (κ2) is 5.28. The van der Waals surface area contributed by atoms with Crippen LogP contribution in [-0.2, 0) is 4.79 Å². The van der Waals surface area contributed by atoms with Crippen molar-refractivity contribution in [3.8, 4) is 11.3 Å². The maximum absolute atomic E-state index is 10.7. The fraction of sp³-hybridized carbons (Fsp3) is 0.250. The summed E-state index contributed by atoms with van der Waals surface area (Å²) < 4.78 is 2.92. The van der Waals surface area contributed by atoms with E-state index in [1.54, 1.807) is 6.20 Å². The monoisotopic (exact) mass is 356 g/mol. The summed E-state index contributed by atoms with van der Waals surface area (Å²) in [7, 11) is 0. The van der Waals surface area contributed by atoms with E-state index >= 15 is 0 Å². The van der Waals surface area contributed by atoms with E-state index in [9.17, 15) is 4.79 Å². The molecule has 0 N–H and O–H groups in total. The summed E-state index contributed by atoms with van der Waals surface area (Å²) in [4.78, 5) is 19.8. The molecule has 1 saturated carbocycles. The first-order valence-electron chi connectivity index (χ1n) is 7.15. The quantitative estimate of drug-likeness (QED) is 0.674. The van der Waals surface area contributed by atoms with Gasteiger partial charge in [-0.15, -0.1) is 0 Å². The van der Waals surface area contributed by atoms with Gasteiger partial charge in [-0.25, -0.2) is 4.98 Å². The number of aromatic nitrogens is 4. The Morgan fingerprint density at radius 2 is 2.09 bits per heavy atom. The summed E-state index contributed by atoms with van der Waals surface area (Å²) in [6.45, 7) is 0. The molecule has 1 aliphatic rings. The number of carbonyl (C=O) groups excluding carboxylic acids is 1. The first-order chi connectivity index (χ1) is 10.7.